The Morgan fingerprint density at radius 2 is 2.17 bits per heavy atom. The molecule has 1 amide bonds. The minimum Gasteiger partial charge on any atom is -0.496 e. The minimum absolute atomic E-state index is 0.0774. The molecule has 1 aromatic carbocycles. The largest absolute Gasteiger partial charge is 0.496 e. The summed E-state index contributed by atoms with van der Waals surface area (Å²) in [6, 6.07) is 9.79. The van der Waals surface area contributed by atoms with Gasteiger partial charge in [0.15, 0.2) is 5.69 Å². The van der Waals surface area contributed by atoms with E-state index in [1.165, 1.54) is 0 Å². The van der Waals surface area contributed by atoms with Crippen molar-refractivity contribution in [2.45, 2.75) is 19.4 Å². The number of carbonyl (C=O) groups is 1. The van der Waals surface area contributed by atoms with Gasteiger partial charge in [0.1, 0.15) is 11.5 Å². The number of nitrogens with zero attached hydrogens (tertiary/aromatic N) is 3. The number of para-hydroxylation sites is 1. The lowest BCUT2D eigenvalue weighted by Crippen LogP contribution is -2.49. The second kappa shape index (κ2) is 7.05. The topological polar surface area (TPSA) is 58.8 Å². The molecule has 6 nitrogen and oxygen atoms in total. The number of amides is 1. The van der Waals surface area contributed by atoms with E-state index < -0.39 is 0 Å². The Morgan fingerprint density at radius 1 is 1.38 bits per heavy atom. The summed E-state index contributed by atoms with van der Waals surface area (Å²) >= 11 is 0. The van der Waals surface area contributed by atoms with Crippen molar-refractivity contribution in [2.24, 2.45) is 0 Å². The molecule has 1 fully saturated rings. The third kappa shape index (κ3) is 3.14. The first-order valence-corrected chi connectivity index (χ1v) is 8.22. The van der Waals surface area contributed by atoms with Gasteiger partial charge in [0.25, 0.3) is 5.91 Å². The van der Waals surface area contributed by atoms with Crippen LogP contribution in [-0.2, 0) is 6.42 Å². The average molecular weight is 329 g/mol. The average Bonchev–Trinajstić information content (AvgIpc) is 3.10. The van der Waals surface area contributed by atoms with Crippen molar-refractivity contribution < 1.29 is 14.1 Å². The van der Waals surface area contributed by atoms with Crippen LogP contribution in [0.15, 0.2) is 34.9 Å². The molecule has 1 saturated heterocycles. The molecule has 0 bridgehead atoms. The van der Waals surface area contributed by atoms with Crippen molar-refractivity contribution in [1.29, 1.82) is 0 Å². The van der Waals surface area contributed by atoms with Gasteiger partial charge >= 0.3 is 0 Å². The Hall–Kier alpha value is -2.34. The van der Waals surface area contributed by atoms with Gasteiger partial charge in [-0.3, -0.25) is 9.69 Å². The minimum atomic E-state index is -0.0774. The molecule has 0 spiro atoms. The van der Waals surface area contributed by atoms with Crippen LogP contribution in [0.2, 0.25) is 0 Å². The number of methoxy groups -OCH3 is 1. The molecule has 0 radical (unpaired) electrons. The number of aryl methyl sites for hydroxylation is 1. The molecular formula is C18H23N3O3. The molecular weight excluding hydrogens is 306 g/mol. The number of hydrogen-bond donors (Lipinski definition) is 0. The van der Waals surface area contributed by atoms with E-state index in [1.54, 1.807) is 13.2 Å². The zero-order valence-electron chi connectivity index (χ0n) is 14.4. The van der Waals surface area contributed by atoms with E-state index in [0.717, 1.165) is 30.0 Å². The first kappa shape index (κ1) is 16.5. The molecule has 2 aromatic rings. The van der Waals surface area contributed by atoms with Crippen molar-refractivity contribution in [3.63, 3.8) is 0 Å². The molecule has 0 N–H and O–H groups in total. The van der Waals surface area contributed by atoms with Gasteiger partial charge in [0.05, 0.1) is 13.2 Å². The van der Waals surface area contributed by atoms with Gasteiger partial charge < -0.3 is 14.2 Å². The van der Waals surface area contributed by atoms with E-state index in [-0.39, 0.29) is 11.9 Å². The first-order chi connectivity index (χ1) is 11.6. The van der Waals surface area contributed by atoms with E-state index in [2.05, 4.69) is 23.2 Å². The number of carbonyl (C=O) groups excluding carboxylic acids is 1. The van der Waals surface area contributed by atoms with Crippen molar-refractivity contribution >= 4 is 5.91 Å². The summed E-state index contributed by atoms with van der Waals surface area (Å²) in [4.78, 5) is 16.8. The summed E-state index contributed by atoms with van der Waals surface area (Å²) in [7, 11) is 3.75. The molecule has 128 valence electrons. The fraction of sp³-hybridized carbons (Fsp3) is 0.444. The van der Waals surface area contributed by atoms with Crippen molar-refractivity contribution in [3.8, 4) is 5.75 Å². The lowest BCUT2D eigenvalue weighted by atomic mass is 10.0. The van der Waals surface area contributed by atoms with Crippen molar-refractivity contribution in [1.82, 2.24) is 15.0 Å². The Morgan fingerprint density at radius 3 is 2.88 bits per heavy atom. The fourth-order valence-electron chi connectivity index (χ4n) is 3.08. The van der Waals surface area contributed by atoms with E-state index >= 15 is 0 Å². The molecule has 2 heterocycles. The maximum atomic E-state index is 12.7. The van der Waals surface area contributed by atoms with Crippen LogP contribution in [0.3, 0.4) is 0 Å². The monoisotopic (exact) mass is 329 g/mol. The van der Waals surface area contributed by atoms with Crippen LogP contribution in [0.25, 0.3) is 0 Å². The summed E-state index contributed by atoms with van der Waals surface area (Å²) in [5.74, 6) is 1.50. The molecule has 1 aliphatic heterocycles. The summed E-state index contributed by atoms with van der Waals surface area (Å²) in [5, 5.41) is 3.91. The zero-order chi connectivity index (χ0) is 17.1. The summed E-state index contributed by atoms with van der Waals surface area (Å²) < 4.78 is 10.7. The Labute approximate surface area is 142 Å². The molecule has 1 atom stereocenters. The quantitative estimate of drug-likeness (QED) is 0.862. The van der Waals surface area contributed by atoms with Crippen LogP contribution in [0.5, 0.6) is 5.75 Å². The highest BCUT2D eigenvalue weighted by Gasteiger charge is 2.31. The van der Waals surface area contributed by atoms with Gasteiger partial charge in [-0.15, -0.1) is 0 Å². The molecule has 1 aromatic heterocycles. The summed E-state index contributed by atoms with van der Waals surface area (Å²) in [5.41, 5.74) is 1.48. The SMILES string of the molecule is CCc1cc(C(=O)N2CCN(C)[C@H](c3ccccc3OC)C2)no1. The molecule has 24 heavy (non-hydrogen) atoms. The highest BCUT2D eigenvalue weighted by molar-refractivity contribution is 5.92. The van der Waals surface area contributed by atoms with E-state index in [1.807, 2.05) is 30.0 Å². The van der Waals surface area contributed by atoms with Crippen LogP contribution in [-0.4, -0.2) is 54.7 Å². The number of rotatable bonds is 4. The Kier molecular flexibility index (Phi) is 4.85. The van der Waals surface area contributed by atoms with Gasteiger partial charge in [-0.05, 0) is 13.1 Å². The molecule has 1 aliphatic rings. The normalized spacial score (nSPS) is 18.6. The molecule has 6 heteroatoms. The van der Waals surface area contributed by atoms with Gasteiger partial charge in [0, 0.05) is 37.7 Å². The smallest absolute Gasteiger partial charge is 0.276 e. The standard InChI is InChI=1S/C18H23N3O3/c1-4-13-11-15(19-24-13)18(22)21-10-9-20(2)16(12-21)14-7-5-6-8-17(14)23-3/h5-8,11,16H,4,9-10,12H2,1-3H3/t16-/m0/s1. The summed E-state index contributed by atoms with van der Waals surface area (Å²) in [6.45, 7) is 4.05. The lowest BCUT2D eigenvalue weighted by Gasteiger charge is -2.39. The van der Waals surface area contributed by atoms with E-state index in [0.29, 0.717) is 18.8 Å². The zero-order valence-corrected chi connectivity index (χ0v) is 14.4. The molecule has 0 unspecified atom stereocenters. The number of hydrogen-bond acceptors (Lipinski definition) is 5. The van der Waals surface area contributed by atoms with Crippen molar-refractivity contribution in [3.05, 3.63) is 47.3 Å². The van der Waals surface area contributed by atoms with Gasteiger partial charge in [-0.1, -0.05) is 30.3 Å². The fourth-order valence-corrected chi connectivity index (χ4v) is 3.08. The van der Waals surface area contributed by atoms with E-state index in [4.69, 9.17) is 9.26 Å². The maximum absolute atomic E-state index is 12.7. The van der Waals surface area contributed by atoms with Gasteiger partial charge in [0.2, 0.25) is 0 Å². The van der Waals surface area contributed by atoms with Crippen LogP contribution in [0.1, 0.15) is 34.8 Å². The Bertz CT molecular complexity index is 713. The lowest BCUT2D eigenvalue weighted by molar-refractivity contribution is 0.0533. The first-order valence-electron chi connectivity index (χ1n) is 8.22. The van der Waals surface area contributed by atoms with Crippen LogP contribution >= 0.6 is 0 Å². The van der Waals surface area contributed by atoms with Crippen LogP contribution < -0.4 is 4.74 Å². The predicted octanol–water partition coefficient (Wildman–Crippen LogP) is 2.37. The third-order valence-electron chi connectivity index (χ3n) is 4.56. The van der Waals surface area contributed by atoms with Crippen LogP contribution in [0, 0.1) is 0 Å². The third-order valence-corrected chi connectivity index (χ3v) is 4.56. The second-order valence-corrected chi connectivity index (χ2v) is 6.02. The number of aromatic nitrogens is 1. The van der Waals surface area contributed by atoms with Gasteiger partial charge in [-0.25, -0.2) is 0 Å². The number of piperazine rings is 1. The molecule has 3 rings (SSSR count). The molecule has 0 saturated carbocycles. The number of benzene rings is 1. The highest BCUT2D eigenvalue weighted by Crippen LogP contribution is 2.31. The van der Waals surface area contributed by atoms with Crippen molar-refractivity contribution in [2.75, 3.05) is 33.8 Å². The summed E-state index contributed by atoms with van der Waals surface area (Å²) in [6.07, 6.45) is 0.729. The molecule has 0 aliphatic carbocycles. The predicted molar refractivity (Wildman–Crippen MR) is 90.1 cm³/mol. The maximum Gasteiger partial charge on any atom is 0.276 e. The Balaban J connectivity index is 1.81. The van der Waals surface area contributed by atoms with Crippen LogP contribution in [0.4, 0.5) is 0 Å². The van der Waals surface area contributed by atoms with E-state index in [9.17, 15) is 4.79 Å². The second-order valence-electron chi connectivity index (χ2n) is 6.02. The number of ether oxygens (including phenoxy) is 1. The van der Waals surface area contributed by atoms with Gasteiger partial charge in [-0.2, -0.15) is 0 Å². The number of likely N-dealkylation sites (N-methyl/N-ethyl adjacent to an activating group) is 1. The highest BCUT2D eigenvalue weighted by atomic mass is 16.5.